The lowest BCUT2D eigenvalue weighted by Gasteiger charge is -2.21. The van der Waals surface area contributed by atoms with E-state index in [9.17, 15) is 43.2 Å². The zero-order valence-electron chi connectivity index (χ0n) is 61.8. The maximum atomic E-state index is 13.1. The van der Waals surface area contributed by atoms with Crippen molar-refractivity contribution in [1.29, 1.82) is 0 Å². The third-order valence-electron chi connectivity index (χ3n) is 15.0. The summed E-state index contributed by atoms with van der Waals surface area (Å²) in [5, 5.41) is 10.6. The summed E-state index contributed by atoms with van der Waals surface area (Å²) in [4.78, 5) is 72.7. The van der Waals surface area contributed by atoms with E-state index in [1.165, 1.54) is 38.5 Å². The monoisotopic (exact) mass is 1440 g/mol. The molecule has 0 saturated carbocycles. The van der Waals surface area contributed by atoms with E-state index in [0.717, 1.165) is 148 Å². The highest BCUT2D eigenvalue weighted by Gasteiger charge is 2.30. The van der Waals surface area contributed by atoms with Crippen LogP contribution in [-0.4, -0.2) is 96.7 Å². The number of hydrogen-bond donors (Lipinski definition) is 3. The molecule has 0 saturated heterocycles. The Morgan fingerprint density at radius 2 is 0.560 bits per heavy atom. The van der Waals surface area contributed by atoms with Gasteiger partial charge in [0.05, 0.1) is 32.8 Å². The summed E-state index contributed by atoms with van der Waals surface area (Å²) >= 11 is 0. The van der Waals surface area contributed by atoms with E-state index in [2.05, 4.69) is 161 Å². The lowest BCUT2D eigenvalue weighted by atomic mass is 10.1. The fourth-order valence-electron chi connectivity index (χ4n) is 9.39. The number of allylic oxidation sites excluding steroid dienone is 25. The lowest BCUT2D eigenvalue weighted by Crippen LogP contribution is -2.30. The highest BCUT2D eigenvalue weighted by Crippen LogP contribution is 2.45. The molecule has 0 radical (unpaired) electrons. The summed E-state index contributed by atoms with van der Waals surface area (Å²) in [5.41, 5.74) is 0. The van der Waals surface area contributed by atoms with Crippen LogP contribution in [0.4, 0.5) is 0 Å². The van der Waals surface area contributed by atoms with Crippen LogP contribution < -0.4 is 0 Å². The molecule has 0 heterocycles. The number of phosphoric ester groups is 2. The fraction of sp³-hybridized carbons (Fsp3) is 0.630. The highest BCUT2D eigenvalue weighted by atomic mass is 31.2. The van der Waals surface area contributed by atoms with Crippen LogP contribution >= 0.6 is 15.6 Å². The summed E-state index contributed by atoms with van der Waals surface area (Å²) < 4.78 is 68.2. The van der Waals surface area contributed by atoms with E-state index < -0.39 is 97.5 Å². The number of esters is 4. The summed E-state index contributed by atoms with van der Waals surface area (Å²) in [6.45, 7) is 4.32. The Bertz CT molecular complexity index is 2520. The van der Waals surface area contributed by atoms with Crippen molar-refractivity contribution in [2.75, 3.05) is 39.6 Å². The number of carbonyl (C=O) groups is 4. The third kappa shape index (κ3) is 71.1. The molecule has 0 aromatic carbocycles. The van der Waals surface area contributed by atoms with Gasteiger partial charge in [-0.05, 0) is 128 Å². The smallest absolute Gasteiger partial charge is 0.462 e. The largest absolute Gasteiger partial charge is 0.472 e. The average Bonchev–Trinajstić information content (AvgIpc) is 0.945. The minimum Gasteiger partial charge on any atom is -0.462 e. The van der Waals surface area contributed by atoms with Crippen molar-refractivity contribution in [2.24, 2.45) is 0 Å². The Labute approximate surface area is 604 Å². The standard InChI is InChI=1S/C81H132O17P2/c1-5-9-13-17-21-25-29-32-35-36-37-38-41-43-47-50-54-58-62-66-79(84)92-72-77(98-81(86)68-64-60-56-52-48-44-40-34-31-27-23-19-15-11-7-3)74-96-100(89,90)94-70-75(82)69-93-99(87,88)95-73-76(97-80(85)67-63-59-55-51-45-28-24-20-16-12-8-4)71-91-78(83)65-61-57-53-49-46-42-39-33-30-26-22-18-14-10-6-2/h9-11,13-15,21-23,25-27,32-35,37-40,46,48-49,52,57,61,75-77,82H,5-8,12,16-20,24,28-31,36,41-45,47,50-51,53-56,58-60,62-74H2,1-4H3,(H,87,88)(H,89,90)/b13-9-,14-10-,15-11-,25-21-,26-22-,27-23-,35-32-,38-37-,39-33-,40-34-,49-46-,52-48-,61-57-. The van der Waals surface area contributed by atoms with Gasteiger partial charge in [-0.25, -0.2) is 9.13 Å². The molecule has 0 rings (SSSR count). The van der Waals surface area contributed by atoms with Gasteiger partial charge in [0.1, 0.15) is 19.3 Å². The molecule has 0 bridgehead atoms. The van der Waals surface area contributed by atoms with Gasteiger partial charge < -0.3 is 33.8 Å². The number of unbranched alkanes of at least 4 members (excludes halogenated alkanes) is 18. The topological polar surface area (TPSA) is 237 Å². The number of carbonyl (C=O) groups excluding carboxylic acids is 4. The van der Waals surface area contributed by atoms with E-state index in [4.69, 9.17) is 37.0 Å². The van der Waals surface area contributed by atoms with Gasteiger partial charge in [-0.2, -0.15) is 0 Å². The van der Waals surface area contributed by atoms with Gasteiger partial charge in [-0.3, -0.25) is 37.3 Å². The van der Waals surface area contributed by atoms with Crippen LogP contribution in [0.5, 0.6) is 0 Å². The minimum atomic E-state index is -5.00. The molecule has 0 aromatic heterocycles. The van der Waals surface area contributed by atoms with Crippen molar-refractivity contribution in [3.63, 3.8) is 0 Å². The Morgan fingerprint density at radius 3 is 0.910 bits per heavy atom. The van der Waals surface area contributed by atoms with Crippen LogP contribution in [0.25, 0.3) is 0 Å². The normalized spacial score (nSPS) is 14.8. The molecule has 17 nitrogen and oxygen atoms in total. The summed E-state index contributed by atoms with van der Waals surface area (Å²) in [5.74, 6) is -2.40. The molecule has 5 atom stereocenters. The first-order valence-electron chi connectivity index (χ1n) is 37.7. The molecule has 568 valence electrons. The Hall–Kier alpha value is -5.32. The van der Waals surface area contributed by atoms with Crippen molar-refractivity contribution in [3.8, 4) is 0 Å². The Kier molecular flexibility index (Phi) is 68.2. The quantitative estimate of drug-likeness (QED) is 0.0169. The Morgan fingerprint density at radius 1 is 0.300 bits per heavy atom. The van der Waals surface area contributed by atoms with E-state index >= 15 is 0 Å². The molecule has 0 aliphatic rings. The number of rotatable bonds is 69. The van der Waals surface area contributed by atoms with Gasteiger partial charge >= 0.3 is 39.5 Å². The van der Waals surface area contributed by atoms with Crippen molar-refractivity contribution in [2.45, 2.75) is 290 Å². The first-order valence-corrected chi connectivity index (χ1v) is 40.7. The SMILES string of the molecule is CC/C=C\C/C=C\C/C=C\C/C=C\C/C=C\CC(=O)OCC(COP(=O)(O)OCC(O)COP(=O)(O)OCC(COC(=O)CCCCCCCC/C=C\C/C=C\C/C=C\C/C=C\CC)OC(=O)CCCC/C=C\C/C=C\C/C=C\C/C=C\CC)OC(=O)CCCCCCCCCCCCC. The molecule has 0 aromatic rings. The minimum absolute atomic E-state index is 0.0322. The molecular formula is C81H132O17P2. The van der Waals surface area contributed by atoms with Crippen LogP contribution in [0, 0.1) is 0 Å². The molecular weight excluding hydrogens is 1310 g/mol. The van der Waals surface area contributed by atoms with Crippen molar-refractivity contribution < 1.29 is 80.2 Å². The molecule has 0 aliphatic carbocycles. The van der Waals surface area contributed by atoms with E-state index in [1.807, 2.05) is 18.2 Å². The molecule has 0 amide bonds. The zero-order chi connectivity index (χ0) is 73.2. The van der Waals surface area contributed by atoms with Crippen molar-refractivity contribution in [3.05, 3.63) is 158 Å². The summed E-state index contributed by atoms with van der Waals surface area (Å²) in [6.07, 6.45) is 82.8. The van der Waals surface area contributed by atoms with Gasteiger partial charge in [0.2, 0.25) is 0 Å². The van der Waals surface area contributed by atoms with Crippen molar-refractivity contribution >= 4 is 39.5 Å². The summed E-state index contributed by atoms with van der Waals surface area (Å²) in [7, 11) is -10.00. The predicted octanol–water partition coefficient (Wildman–Crippen LogP) is 21.7. The Balaban J connectivity index is 5.44. The van der Waals surface area contributed by atoms with Crippen LogP contribution in [0.2, 0.25) is 0 Å². The second kappa shape index (κ2) is 72.0. The molecule has 0 fully saturated rings. The maximum Gasteiger partial charge on any atom is 0.472 e. The van der Waals surface area contributed by atoms with Crippen LogP contribution in [-0.2, 0) is 65.4 Å². The fourth-order valence-corrected chi connectivity index (χ4v) is 11.0. The van der Waals surface area contributed by atoms with Crippen LogP contribution in [0.3, 0.4) is 0 Å². The van der Waals surface area contributed by atoms with Crippen LogP contribution in [0.1, 0.15) is 272 Å². The predicted molar refractivity (Wildman–Crippen MR) is 408 cm³/mol. The number of phosphoric acid groups is 2. The second-order valence-electron chi connectivity index (χ2n) is 24.5. The highest BCUT2D eigenvalue weighted by molar-refractivity contribution is 7.47. The van der Waals surface area contributed by atoms with Gasteiger partial charge in [-0.1, -0.05) is 276 Å². The summed E-state index contributed by atoms with van der Waals surface area (Å²) in [6, 6.07) is 0. The first-order chi connectivity index (χ1) is 48.7. The second-order valence-corrected chi connectivity index (χ2v) is 27.4. The molecule has 19 heteroatoms. The maximum absolute atomic E-state index is 13.1. The van der Waals surface area contributed by atoms with Gasteiger partial charge in [0.25, 0.3) is 0 Å². The van der Waals surface area contributed by atoms with E-state index in [-0.39, 0.29) is 25.7 Å². The van der Waals surface area contributed by atoms with Crippen molar-refractivity contribution in [1.82, 2.24) is 0 Å². The van der Waals surface area contributed by atoms with E-state index in [1.54, 1.807) is 6.08 Å². The first kappa shape index (κ1) is 94.7. The number of ether oxygens (including phenoxy) is 4. The van der Waals surface area contributed by atoms with E-state index in [0.29, 0.717) is 32.1 Å². The number of aliphatic hydroxyl groups excluding tert-OH is 1. The average molecular weight is 1440 g/mol. The van der Waals surface area contributed by atoms with Gasteiger partial charge in [0.15, 0.2) is 12.2 Å². The number of aliphatic hydroxyl groups is 1. The molecule has 0 spiro atoms. The third-order valence-corrected chi connectivity index (χ3v) is 16.9. The molecule has 0 aliphatic heterocycles. The van der Waals surface area contributed by atoms with Gasteiger partial charge in [-0.15, -0.1) is 0 Å². The molecule has 100 heavy (non-hydrogen) atoms. The van der Waals surface area contributed by atoms with Gasteiger partial charge in [0, 0.05) is 19.3 Å². The lowest BCUT2D eigenvalue weighted by molar-refractivity contribution is -0.161. The molecule has 5 unspecified atom stereocenters. The molecule has 3 N–H and O–H groups in total. The number of hydrogen-bond acceptors (Lipinski definition) is 15. The zero-order valence-corrected chi connectivity index (χ0v) is 63.6. The van der Waals surface area contributed by atoms with Crippen LogP contribution in [0.15, 0.2) is 158 Å².